The Labute approximate surface area is 184 Å². The summed E-state index contributed by atoms with van der Waals surface area (Å²) in [4.78, 5) is 32.6. The third-order valence-corrected chi connectivity index (χ3v) is 4.49. The fourth-order valence-electron chi connectivity index (χ4n) is 2.98. The number of rotatable bonds is 8. The quantitative estimate of drug-likeness (QED) is 0.241. The summed E-state index contributed by atoms with van der Waals surface area (Å²) in [5, 5.41) is 37.0. The van der Waals surface area contributed by atoms with Gasteiger partial charge < -0.3 is 10.1 Å². The molecule has 0 bridgehead atoms. The van der Waals surface area contributed by atoms with Crippen LogP contribution in [0.3, 0.4) is 0 Å². The van der Waals surface area contributed by atoms with Crippen LogP contribution in [0.4, 0.5) is 11.4 Å². The molecule has 33 heavy (non-hydrogen) atoms. The van der Waals surface area contributed by atoms with E-state index in [0.29, 0.717) is 11.5 Å². The highest BCUT2D eigenvalue weighted by Crippen LogP contribution is 2.22. The monoisotopic (exact) mass is 449 g/mol. The maximum atomic E-state index is 12.3. The average molecular weight is 449 g/mol. The van der Waals surface area contributed by atoms with Crippen molar-refractivity contribution >= 4 is 22.9 Å². The summed E-state index contributed by atoms with van der Waals surface area (Å²) >= 11 is 0. The molecule has 13 nitrogen and oxygen atoms in total. The number of nitro groups is 2. The van der Waals surface area contributed by atoms with Gasteiger partial charge in [0.15, 0.2) is 11.5 Å². The first kappa shape index (κ1) is 21.3. The second kappa shape index (κ2) is 9.05. The first-order valence-corrected chi connectivity index (χ1v) is 9.55. The summed E-state index contributed by atoms with van der Waals surface area (Å²) in [5.74, 6) is 0.0929. The minimum absolute atomic E-state index is 0.0305. The molecular weight excluding hydrogens is 434 g/mol. The molecule has 166 valence electrons. The minimum atomic E-state index is -0.802. The van der Waals surface area contributed by atoms with E-state index in [4.69, 9.17) is 4.74 Å². The Balaban J connectivity index is 1.40. The lowest BCUT2D eigenvalue weighted by atomic mass is 10.1. The van der Waals surface area contributed by atoms with Crippen molar-refractivity contribution in [3.05, 3.63) is 86.5 Å². The van der Waals surface area contributed by atoms with Crippen molar-refractivity contribution < 1.29 is 19.4 Å². The Morgan fingerprint density at radius 1 is 0.970 bits per heavy atom. The molecule has 13 heteroatoms. The van der Waals surface area contributed by atoms with E-state index in [1.54, 1.807) is 12.1 Å². The van der Waals surface area contributed by atoms with E-state index in [0.717, 1.165) is 23.8 Å². The number of carbonyl (C=O) groups excluding carboxylic acids is 1. The van der Waals surface area contributed by atoms with Crippen LogP contribution in [0.15, 0.2) is 60.7 Å². The van der Waals surface area contributed by atoms with Gasteiger partial charge in [0.05, 0.1) is 28.0 Å². The number of benzene rings is 2. The first-order valence-electron chi connectivity index (χ1n) is 9.55. The van der Waals surface area contributed by atoms with Crippen molar-refractivity contribution in [2.75, 3.05) is 13.2 Å². The van der Waals surface area contributed by atoms with E-state index in [-0.39, 0.29) is 24.6 Å². The van der Waals surface area contributed by atoms with Gasteiger partial charge in [-0.15, -0.1) is 15.3 Å². The Morgan fingerprint density at radius 3 is 2.33 bits per heavy atom. The van der Waals surface area contributed by atoms with Gasteiger partial charge in [0, 0.05) is 23.8 Å². The van der Waals surface area contributed by atoms with Crippen molar-refractivity contribution in [1.82, 2.24) is 25.1 Å². The number of carbonyl (C=O) groups is 1. The molecule has 0 spiro atoms. The summed E-state index contributed by atoms with van der Waals surface area (Å²) in [7, 11) is 0. The second-order valence-electron chi connectivity index (χ2n) is 6.69. The zero-order valence-corrected chi connectivity index (χ0v) is 16.8. The molecule has 0 saturated heterocycles. The number of amides is 1. The van der Waals surface area contributed by atoms with Gasteiger partial charge in [-0.1, -0.05) is 30.3 Å². The molecular formula is C20H15N7O6. The van der Waals surface area contributed by atoms with Crippen LogP contribution in [0.25, 0.3) is 17.0 Å². The van der Waals surface area contributed by atoms with Gasteiger partial charge in [0.1, 0.15) is 6.61 Å². The number of aromatic nitrogens is 4. The topological polar surface area (TPSA) is 168 Å². The maximum absolute atomic E-state index is 12.3. The van der Waals surface area contributed by atoms with Gasteiger partial charge in [-0.05, 0) is 6.07 Å². The number of ether oxygens (including phenoxy) is 1. The zero-order chi connectivity index (χ0) is 23.4. The average Bonchev–Trinajstić information content (AvgIpc) is 3.25. The smallest absolute Gasteiger partial charge is 0.277 e. The number of hydrogen-bond acceptors (Lipinski definition) is 9. The predicted octanol–water partition coefficient (Wildman–Crippen LogP) is 2.42. The first-order chi connectivity index (χ1) is 15.9. The van der Waals surface area contributed by atoms with Crippen LogP contribution in [0, 0.1) is 20.2 Å². The van der Waals surface area contributed by atoms with Crippen molar-refractivity contribution in [3.63, 3.8) is 0 Å². The van der Waals surface area contributed by atoms with Crippen LogP contribution in [-0.2, 0) is 0 Å². The number of fused-ring (bicyclic) bond motifs is 1. The molecule has 2 aromatic carbocycles. The van der Waals surface area contributed by atoms with Gasteiger partial charge in [-0.2, -0.15) is 4.52 Å². The summed E-state index contributed by atoms with van der Waals surface area (Å²) < 4.78 is 7.10. The van der Waals surface area contributed by atoms with Crippen molar-refractivity contribution in [3.8, 4) is 17.3 Å². The van der Waals surface area contributed by atoms with E-state index in [1.165, 1.54) is 4.52 Å². The zero-order valence-electron chi connectivity index (χ0n) is 16.8. The Kier molecular flexibility index (Phi) is 5.84. The molecule has 2 heterocycles. The molecule has 0 saturated carbocycles. The van der Waals surface area contributed by atoms with Gasteiger partial charge in [0.2, 0.25) is 5.88 Å². The Morgan fingerprint density at radius 2 is 1.67 bits per heavy atom. The fraction of sp³-hybridized carbons (Fsp3) is 0.100. The molecule has 0 aliphatic rings. The van der Waals surface area contributed by atoms with Gasteiger partial charge in [-0.25, -0.2) is 0 Å². The number of non-ortho nitro benzene ring substituents is 2. The van der Waals surface area contributed by atoms with E-state index in [1.807, 2.05) is 30.3 Å². The SMILES string of the molecule is O=C(NCCOc1ccc2nnc(-c3ccccc3)n2n1)c1cc([N+](=O)[O-])cc([N+](=O)[O-])c1. The molecule has 0 radical (unpaired) electrons. The maximum Gasteiger partial charge on any atom is 0.277 e. The summed E-state index contributed by atoms with van der Waals surface area (Å²) in [6.07, 6.45) is 0. The van der Waals surface area contributed by atoms with Gasteiger partial charge in [-0.3, -0.25) is 25.0 Å². The molecule has 4 aromatic rings. The standard InChI is InChI=1S/C20H15N7O6/c28-20(14-10-15(26(29)30)12-16(11-14)27(31)32)21-8-9-33-18-7-6-17-22-23-19(25(17)24-18)13-4-2-1-3-5-13/h1-7,10-12H,8-9H2,(H,21,28). The van der Waals surface area contributed by atoms with Crippen LogP contribution in [0.2, 0.25) is 0 Å². The van der Waals surface area contributed by atoms with E-state index in [9.17, 15) is 25.0 Å². The molecule has 0 aliphatic carbocycles. The number of nitrogens with one attached hydrogen (secondary N) is 1. The molecule has 1 N–H and O–H groups in total. The van der Waals surface area contributed by atoms with Crippen LogP contribution in [0.5, 0.6) is 5.88 Å². The number of hydrogen-bond donors (Lipinski definition) is 1. The summed E-state index contributed by atoms with van der Waals surface area (Å²) in [6, 6.07) is 15.4. The van der Waals surface area contributed by atoms with Crippen LogP contribution in [0.1, 0.15) is 10.4 Å². The second-order valence-corrected chi connectivity index (χ2v) is 6.69. The van der Waals surface area contributed by atoms with Gasteiger partial charge in [0.25, 0.3) is 17.3 Å². The fourth-order valence-corrected chi connectivity index (χ4v) is 2.98. The highest BCUT2D eigenvalue weighted by atomic mass is 16.6. The van der Waals surface area contributed by atoms with Crippen molar-refractivity contribution in [2.24, 2.45) is 0 Å². The van der Waals surface area contributed by atoms with Crippen molar-refractivity contribution in [1.29, 1.82) is 0 Å². The highest BCUT2D eigenvalue weighted by Gasteiger charge is 2.19. The highest BCUT2D eigenvalue weighted by molar-refractivity contribution is 5.95. The Bertz CT molecular complexity index is 1320. The third-order valence-electron chi connectivity index (χ3n) is 4.49. The van der Waals surface area contributed by atoms with Crippen LogP contribution < -0.4 is 10.1 Å². The summed E-state index contributed by atoms with van der Waals surface area (Å²) in [6.45, 7) is 0.0623. The van der Waals surface area contributed by atoms with E-state index in [2.05, 4.69) is 20.6 Å². The lowest BCUT2D eigenvalue weighted by Gasteiger charge is -2.08. The normalized spacial score (nSPS) is 10.7. The molecule has 0 aliphatic heterocycles. The van der Waals surface area contributed by atoms with E-state index < -0.39 is 27.1 Å². The lowest BCUT2D eigenvalue weighted by Crippen LogP contribution is -2.28. The lowest BCUT2D eigenvalue weighted by molar-refractivity contribution is -0.394. The minimum Gasteiger partial charge on any atom is -0.475 e. The van der Waals surface area contributed by atoms with E-state index >= 15 is 0 Å². The van der Waals surface area contributed by atoms with Crippen LogP contribution >= 0.6 is 0 Å². The molecule has 2 aromatic heterocycles. The molecule has 1 amide bonds. The Hall–Kier alpha value is -4.94. The molecule has 0 fully saturated rings. The molecule has 0 unspecified atom stereocenters. The number of nitro benzene ring substituents is 2. The largest absolute Gasteiger partial charge is 0.475 e. The third kappa shape index (κ3) is 4.71. The summed E-state index contributed by atoms with van der Waals surface area (Å²) in [5.41, 5.74) is 0.0553. The molecule has 0 atom stereocenters. The molecule has 4 rings (SSSR count). The van der Waals surface area contributed by atoms with Gasteiger partial charge >= 0.3 is 0 Å². The number of nitrogens with zero attached hydrogens (tertiary/aromatic N) is 6. The predicted molar refractivity (Wildman–Crippen MR) is 114 cm³/mol. The van der Waals surface area contributed by atoms with Crippen molar-refractivity contribution in [2.45, 2.75) is 0 Å². The van der Waals surface area contributed by atoms with Crippen LogP contribution in [-0.4, -0.2) is 48.7 Å².